The van der Waals surface area contributed by atoms with Crippen LogP contribution in [0.15, 0.2) is 86.1 Å². The zero-order chi connectivity index (χ0) is 19.1. The van der Waals surface area contributed by atoms with Crippen LogP contribution in [0.2, 0.25) is 0 Å². The van der Waals surface area contributed by atoms with Crippen molar-refractivity contribution >= 4 is 23.1 Å². The quantitative estimate of drug-likeness (QED) is 0.429. The van der Waals surface area contributed by atoms with Crippen molar-refractivity contribution < 1.29 is 51.1 Å². The Kier molecular flexibility index (Phi) is 8.13. The summed E-state index contributed by atoms with van der Waals surface area (Å²) in [5.74, 6) is 2.71. The maximum absolute atomic E-state index is 5.41. The number of methoxy groups -OCH3 is 2. The summed E-state index contributed by atoms with van der Waals surface area (Å²) in [5.41, 5.74) is 3.07. The molecular formula is C21H17Cl2CoN5O2. The standard InChI is InChI=1S/C21H17N5O2.2ClH.Co/c1-27-16-10-4-6-12-18(16)25-20(23-12)14-8-3-9-15(22-14)21-24-13-7-5-11-17(28-2)19(13)26-21;;;/h3-11,18-19H,1-2H3;2*1H;/q;;;+2/p-2. The summed E-state index contributed by atoms with van der Waals surface area (Å²) in [6.07, 6.45) is 11.5. The Labute approximate surface area is 202 Å². The second kappa shape index (κ2) is 10.2. The van der Waals surface area contributed by atoms with Gasteiger partial charge in [0.2, 0.25) is 0 Å². The topological polar surface area (TPSA) is 80.8 Å². The molecule has 5 rings (SSSR count). The maximum Gasteiger partial charge on any atom is 2.00 e. The molecule has 0 saturated heterocycles. The van der Waals surface area contributed by atoms with Crippen LogP contribution in [0.1, 0.15) is 11.4 Å². The Morgan fingerprint density at radius 2 is 1.19 bits per heavy atom. The number of amidine groups is 2. The fraction of sp³-hybridized carbons (Fsp3) is 0.190. The molecule has 0 amide bonds. The average Bonchev–Trinajstić information content (AvgIpc) is 3.37. The Morgan fingerprint density at radius 1 is 0.742 bits per heavy atom. The van der Waals surface area contributed by atoms with Crippen molar-refractivity contribution in [3.8, 4) is 0 Å². The van der Waals surface area contributed by atoms with Gasteiger partial charge in [0.1, 0.15) is 22.9 Å². The maximum atomic E-state index is 5.41. The predicted molar refractivity (Wildman–Crippen MR) is 108 cm³/mol. The summed E-state index contributed by atoms with van der Waals surface area (Å²) in [4.78, 5) is 23.3. The third kappa shape index (κ3) is 4.43. The minimum Gasteiger partial charge on any atom is -1.00 e. The average molecular weight is 501 g/mol. The van der Waals surface area contributed by atoms with Gasteiger partial charge in [0, 0.05) is 0 Å². The smallest absolute Gasteiger partial charge is 1.00 e. The van der Waals surface area contributed by atoms with Crippen molar-refractivity contribution in [1.82, 2.24) is 4.98 Å². The first kappa shape index (κ1) is 24.7. The third-order valence-corrected chi connectivity index (χ3v) is 4.81. The second-order valence-electron chi connectivity index (χ2n) is 6.46. The largest absolute Gasteiger partial charge is 2.00 e. The molecule has 0 fully saturated rings. The molecule has 1 aromatic rings. The number of fused-ring (bicyclic) bond motifs is 2. The number of ether oxygens (including phenoxy) is 2. The first-order valence-electron chi connectivity index (χ1n) is 8.92. The predicted octanol–water partition coefficient (Wildman–Crippen LogP) is -3.57. The summed E-state index contributed by atoms with van der Waals surface area (Å²) in [6.45, 7) is 0. The monoisotopic (exact) mass is 500 g/mol. The molecule has 0 saturated carbocycles. The zero-order valence-corrected chi connectivity index (χ0v) is 19.0. The third-order valence-electron chi connectivity index (χ3n) is 4.81. The fourth-order valence-corrected chi connectivity index (χ4v) is 3.43. The Balaban J connectivity index is 0.00000114. The van der Waals surface area contributed by atoms with Crippen molar-refractivity contribution in [3.63, 3.8) is 0 Å². The van der Waals surface area contributed by atoms with Gasteiger partial charge in [0.05, 0.1) is 25.6 Å². The van der Waals surface area contributed by atoms with Crippen molar-refractivity contribution in [2.45, 2.75) is 12.1 Å². The zero-order valence-electron chi connectivity index (χ0n) is 16.5. The number of aliphatic imine (C=N–C) groups is 4. The molecule has 10 heteroatoms. The van der Waals surface area contributed by atoms with E-state index in [9.17, 15) is 0 Å². The molecule has 161 valence electrons. The first-order valence-corrected chi connectivity index (χ1v) is 8.92. The number of hydrogen-bond donors (Lipinski definition) is 0. The van der Waals surface area contributed by atoms with Gasteiger partial charge in [-0.2, -0.15) is 0 Å². The number of halogens is 2. The van der Waals surface area contributed by atoms with Crippen LogP contribution >= 0.6 is 0 Å². The van der Waals surface area contributed by atoms with E-state index < -0.39 is 0 Å². The van der Waals surface area contributed by atoms with E-state index in [1.807, 2.05) is 54.7 Å². The van der Waals surface area contributed by atoms with Crippen LogP contribution in [-0.4, -0.2) is 54.4 Å². The Bertz CT molecular complexity index is 1040. The van der Waals surface area contributed by atoms with Gasteiger partial charge in [-0.05, 0) is 36.4 Å². The van der Waals surface area contributed by atoms with Crippen molar-refractivity contribution in [2.75, 3.05) is 14.2 Å². The van der Waals surface area contributed by atoms with Crippen LogP contribution in [0.3, 0.4) is 0 Å². The van der Waals surface area contributed by atoms with Crippen LogP contribution in [0.4, 0.5) is 0 Å². The van der Waals surface area contributed by atoms with Crippen LogP contribution in [0.5, 0.6) is 0 Å². The Hall–Kier alpha value is -2.52. The van der Waals surface area contributed by atoms with E-state index in [4.69, 9.17) is 14.5 Å². The molecule has 0 N–H and O–H groups in total. The molecule has 31 heavy (non-hydrogen) atoms. The molecule has 7 nitrogen and oxygen atoms in total. The van der Waals surface area contributed by atoms with Gasteiger partial charge in [-0.15, -0.1) is 0 Å². The number of rotatable bonds is 4. The van der Waals surface area contributed by atoms with E-state index >= 15 is 0 Å². The van der Waals surface area contributed by atoms with E-state index in [1.54, 1.807) is 14.2 Å². The molecule has 2 unspecified atom stereocenters. The number of aromatic nitrogens is 1. The number of pyridine rings is 1. The normalized spacial score (nSPS) is 22.0. The summed E-state index contributed by atoms with van der Waals surface area (Å²) < 4.78 is 10.8. The molecule has 1 aromatic heterocycles. The van der Waals surface area contributed by atoms with Gasteiger partial charge in [-0.3, -0.25) is 0 Å². The minimum absolute atomic E-state index is 0. The van der Waals surface area contributed by atoms with Gasteiger partial charge in [-0.1, -0.05) is 18.2 Å². The van der Waals surface area contributed by atoms with E-state index in [-0.39, 0.29) is 53.7 Å². The molecule has 2 aliphatic carbocycles. The molecule has 2 atom stereocenters. The van der Waals surface area contributed by atoms with Crippen LogP contribution in [0, 0.1) is 0 Å². The van der Waals surface area contributed by atoms with Gasteiger partial charge in [0.15, 0.2) is 23.8 Å². The Morgan fingerprint density at radius 3 is 1.61 bits per heavy atom. The van der Waals surface area contributed by atoms with Crippen molar-refractivity contribution in [1.29, 1.82) is 0 Å². The van der Waals surface area contributed by atoms with Gasteiger partial charge < -0.3 is 34.3 Å². The van der Waals surface area contributed by atoms with Crippen LogP contribution in [0.25, 0.3) is 0 Å². The van der Waals surface area contributed by atoms with E-state index in [1.165, 1.54) is 0 Å². The van der Waals surface area contributed by atoms with Crippen LogP contribution in [-0.2, 0) is 26.3 Å². The number of allylic oxidation sites excluding steroid dienone is 4. The molecule has 0 aromatic carbocycles. The van der Waals surface area contributed by atoms with Gasteiger partial charge in [-0.25, -0.2) is 25.0 Å². The van der Waals surface area contributed by atoms with E-state index in [2.05, 4.69) is 20.0 Å². The molecule has 4 aliphatic rings. The van der Waals surface area contributed by atoms with Gasteiger partial charge in [0.25, 0.3) is 0 Å². The first-order chi connectivity index (χ1) is 13.8. The summed E-state index contributed by atoms with van der Waals surface area (Å²) >= 11 is 0. The van der Waals surface area contributed by atoms with E-state index in [0.717, 1.165) is 22.9 Å². The summed E-state index contributed by atoms with van der Waals surface area (Å²) in [7, 11) is 3.28. The second-order valence-corrected chi connectivity index (χ2v) is 6.46. The molecule has 0 bridgehead atoms. The number of hydrogen-bond acceptors (Lipinski definition) is 7. The molecule has 1 radical (unpaired) electrons. The number of nitrogens with zero attached hydrogens (tertiary/aromatic N) is 5. The van der Waals surface area contributed by atoms with Crippen LogP contribution < -0.4 is 24.8 Å². The summed E-state index contributed by atoms with van der Waals surface area (Å²) in [6, 6.07) is 5.28. The van der Waals surface area contributed by atoms with Gasteiger partial charge >= 0.3 is 16.8 Å². The molecule has 2 aliphatic heterocycles. The molecule has 3 heterocycles. The summed E-state index contributed by atoms with van der Waals surface area (Å²) in [5, 5.41) is 0. The molecule has 0 spiro atoms. The van der Waals surface area contributed by atoms with Crippen molar-refractivity contribution in [3.05, 3.63) is 77.6 Å². The van der Waals surface area contributed by atoms with E-state index in [0.29, 0.717) is 23.1 Å². The fourth-order valence-electron chi connectivity index (χ4n) is 3.43. The SMILES string of the molecule is COC1=CC=CC2=NC(c3cccc(C4=NC5C(OC)=CC=CC5=N4)n3)=NC12.[Cl-].[Cl-].[Co+2]. The minimum atomic E-state index is -0.207. The van der Waals surface area contributed by atoms with Crippen molar-refractivity contribution in [2.24, 2.45) is 20.0 Å². The molecular weight excluding hydrogens is 484 g/mol.